The number of carbonyl (C=O) groups is 2. The minimum atomic E-state index is -1.30. The number of benzene rings is 1. The molecule has 1 aromatic heterocycles. The Balaban J connectivity index is 2.27. The van der Waals surface area contributed by atoms with Gasteiger partial charge in [-0.05, 0) is 35.9 Å². The van der Waals surface area contributed by atoms with Crippen molar-refractivity contribution in [3.63, 3.8) is 0 Å². The van der Waals surface area contributed by atoms with Crippen LogP contribution < -0.4 is 5.32 Å². The van der Waals surface area contributed by atoms with Gasteiger partial charge in [0.2, 0.25) is 0 Å². The van der Waals surface area contributed by atoms with Crippen LogP contribution in [0.1, 0.15) is 20.9 Å². The summed E-state index contributed by atoms with van der Waals surface area (Å²) in [5.41, 5.74) is -0.340. The van der Waals surface area contributed by atoms with E-state index in [1.54, 1.807) is 0 Å². The van der Waals surface area contributed by atoms with Crippen LogP contribution in [0.3, 0.4) is 0 Å². The van der Waals surface area contributed by atoms with Gasteiger partial charge in [-0.25, -0.2) is 4.79 Å². The van der Waals surface area contributed by atoms with Gasteiger partial charge in [0, 0.05) is 0 Å². The lowest BCUT2D eigenvalue weighted by Crippen LogP contribution is -2.11. The third kappa shape index (κ3) is 2.69. The molecule has 98 valence electrons. The number of aromatic hydroxyl groups is 1. The van der Waals surface area contributed by atoms with Gasteiger partial charge in [-0.3, -0.25) is 4.79 Å². The second kappa shape index (κ2) is 5.03. The summed E-state index contributed by atoms with van der Waals surface area (Å²) in [6, 6.07) is 6.73. The lowest BCUT2D eigenvalue weighted by Gasteiger charge is -2.07. The number of para-hydroxylation sites is 1. The van der Waals surface area contributed by atoms with Gasteiger partial charge in [0.25, 0.3) is 5.91 Å². The molecule has 6 nitrogen and oxygen atoms in total. The molecule has 1 heterocycles. The van der Waals surface area contributed by atoms with Gasteiger partial charge < -0.3 is 19.9 Å². The van der Waals surface area contributed by atoms with Crippen molar-refractivity contribution in [2.24, 2.45) is 0 Å². The van der Waals surface area contributed by atoms with Gasteiger partial charge in [-0.2, -0.15) is 0 Å². The molecule has 1 aromatic carbocycles. The second-order valence-corrected chi connectivity index (χ2v) is 3.94. The van der Waals surface area contributed by atoms with Crippen molar-refractivity contribution in [2.75, 3.05) is 5.32 Å². The molecule has 0 spiro atoms. The van der Waals surface area contributed by atoms with E-state index in [0.717, 1.165) is 0 Å². The highest BCUT2D eigenvalue weighted by Crippen LogP contribution is 2.28. The van der Waals surface area contributed by atoms with Crippen molar-refractivity contribution in [2.45, 2.75) is 0 Å². The summed E-state index contributed by atoms with van der Waals surface area (Å²) < 4.78 is 4.89. The number of carbonyl (C=O) groups excluding carboxylic acids is 1. The maximum atomic E-state index is 11.7. The van der Waals surface area contributed by atoms with Gasteiger partial charge in [0.15, 0.2) is 16.7 Å². The SMILES string of the molecule is O=C(Nc1cccc(C(=O)O)c1O)c1ccc(Cl)o1. The smallest absolute Gasteiger partial charge is 0.339 e. The molecule has 0 bridgehead atoms. The molecular formula is C12H8ClNO5. The molecular weight excluding hydrogens is 274 g/mol. The van der Waals surface area contributed by atoms with Gasteiger partial charge in [-0.1, -0.05) is 6.07 Å². The summed E-state index contributed by atoms with van der Waals surface area (Å²) in [5, 5.41) is 20.9. The number of carboxylic acid groups (broad SMARTS) is 1. The van der Waals surface area contributed by atoms with E-state index in [2.05, 4.69) is 5.32 Å². The quantitative estimate of drug-likeness (QED) is 0.751. The number of halogens is 1. The topological polar surface area (TPSA) is 99.8 Å². The molecule has 0 aliphatic rings. The zero-order valence-corrected chi connectivity index (χ0v) is 10.1. The van der Waals surface area contributed by atoms with Crippen LogP contribution >= 0.6 is 11.6 Å². The maximum Gasteiger partial charge on any atom is 0.339 e. The third-order valence-electron chi connectivity index (χ3n) is 2.31. The molecule has 0 saturated heterocycles. The maximum absolute atomic E-state index is 11.7. The predicted octanol–water partition coefficient (Wildman–Crippen LogP) is 2.59. The molecule has 0 radical (unpaired) electrons. The van der Waals surface area contributed by atoms with Crippen molar-refractivity contribution in [1.29, 1.82) is 0 Å². The van der Waals surface area contributed by atoms with E-state index in [1.165, 1.54) is 30.3 Å². The van der Waals surface area contributed by atoms with Crippen molar-refractivity contribution in [3.8, 4) is 5.75 Å². The van der Waals surface area contributed by atoms with Crippen molar-refractivity contribution >= 4 is 29.2 Å². The number of carboxylic acids is 1. The van der Waals surface area contributed by atoms with Crippen molar-refractivity contribution in [3.05, 3.63) is 46.9 Å². The molecule has 0 aliphatic heterocycles. The zero-order chi connectivity index (χ0) is 14.0. The molecule has 3 N–H and O–H groups in total. The normalized spacial score (nSPS) is 10.2. The van der Waals surface area contributed by atoms with Gasteiger partial charge in [0.1, 0.15) is 5.56 Å². The Morgan fingerprint density at radius 3 is 2.53 bits per heavy atom. The van der Waals surface area contributed by atoms with E-state index in [-0.39, 0.29) is 22.2 Å². The number of anilines is 1. The summed E-state index contributed by atoms with van der Waals surface area (Å²) in [4.78, 5) is 22.6. The van der Waals surface area contributed by atoms with E-state index in [0.29, 0.717) is 0 Å². The Bertz CT molecular complexity index is 649. The van der Waals surface area contributed by atoms with Crippen LogP contribution in [0.25, 0.3) is 0 Å². The highest BCUT2D eigenvalue weighted by Gasteiger charge is 2.16. The first kappa shape index (κ1) is 13.0. The van der Waals surface area contributed by atoms with E-state index in [4.69, 9.17) is 21.1 Å². The molecule has 19 heavy (non-hydrogen) atoms. The van der Waals surface area contributed by atoms with Gasteiger partial charge >= 0.3 is 5.97 Å². The minimum absolute atomic E-state index is 0.0302. The van der Waals surface area contributed by atoms with Crippen LogP contribution in [-0.4, -0.2) is 22.1 Å². The zero-order valence-electron chi connectivity index (χ0n) is 9.38. The summed E-state index contributed by atoms with van der Waals surface area (Å²) >= 11 is 5.53. The number of furan rings is 1. The summed E-state index contributed by atoms with van der Waals surface area (Å²) in [6.07, 6.45) is 0. The van der Waals surface area contributed by atoms with Crippen LogP contribution in [0.4, 0.5) is 5.69 Å². The van der Waals surface area contributed by atoms with Crippen molar-refractivity contribution < 1.29 is 24.2 Å². The lowest BCUT2D eigenvalue weighted by atomic mass is 10.1. The Kier molecular flexibility index (Phi) is 3.43. The molecule has 2 aromatic rings. The second-order valence-electron chi connectivity index (χ2n) is 3.56. The Labute approximate surface area is 112 Å². The Hall–Kier alpha value is -2.47. The number of hydrogen-bond donors (Lipinski definition) is 3. The fourth-order valence-corrected chi connectivity index (χ4v) is 1.58. The summed E-state index contributed by atoms with van der Waals surface area (Å²) in [6.45, 7) is 0. The first-order valence-corrected chi connectivity index (χ1v) is 5.49. The number of aromatic carboxylic acids is 1. The molecule has 0 atom stereocenters. The molecule has 0 aliphatic carbocycles. The van der Waals surface area contributed by atoms with E-state index < -0.39 is 17.6 Å². The number of hydrogen-bond acceptors (Lipinski definition) is 4. The first-order chi connectivity index (χ1) is 8.99. The minimum Gasteiger partial charge on any atom is -0.505 e. The van der Waals surface area contributed by atoms with Crippen LogP contribution in [0.15, 0.2) is 34.7 Å². The van der Waals surface area contributed by atoms with E-state index in [9.17, 15) is 14.7 Å². The number of phenols is 1. The molecule has 0 fully saturated rings. The predicted molar refractivity (Wildman–Crippen MR) is 66.7 cm³/mol. The monoisotopic (exact) mass is 281 g/mol. The largest absolute Gasteiger partial charge is 0.505 e. The highest BCUT2D eigenvalue weighted by atomic mass is 35.5. The molecule has 7 heteroatoms. The van der Waals surface area contributed by atoms with Crippen LogP contribution in [-0.2, 0) is 0 Å². The average Bonchev–Trinajstić information content (AvgIpc) is 2.78. The van der Waals surface area contributed by atoms with Crippen LogP contribution in [0.5, 0.6) is 5.75 Å². The van der Waals surface area contributed by atoms with Crippen LogP contribution in [0.2, 0.25) is 5.22 Å². The number of rotatable bonds is 3. The van der Waals surface area contributed by atoms with Gasteiger partial charge in [0.05, 0.1) is 5.69 Å². The fraction of sp³-hybridized carbons (Fsp3) is 0. The van der Waals surface area contributed by atoms with Gasteiger partial charge in [-0.15, -0.1) is 0 Å². The Morgan fingerprint density at radius 2 is 1.95 bits per heavy atom. The Morgan fingerprint density at radius 1 is 1.21 bits per heavy atom. The molecule has 0 unspecified atom stereocenters. The number of nitrogens with one attached hydrogen (secondary N) is 1. The first-order valence-electron chi connectivity index (χ1n) is 5.11. The fourth-order valence-electron chi connectivity index (χ4n) is 1.44. The highest BCUT2D eigenvalue weighted by molar-refractivity contribution is 6.29. The van der Waals surface area contributed by atoms with E-state index >= 15 is 0 Å². The van der Waals surface area contributed by atoms with Crippen LogP contribution in [0, 0.1) is 0 Å². The number of amides is 1. The summed E-state index contributed by atoms with van der Waals surface area (Å²) in [5.74, 6) is -2.52. The average molecular weight is 282 g/mol. The van der Waals surface area contributed by atoms with E-state index in [1.807, 2.05) is 0 Å². The molecule has 2 rings (SSSR count). The van der Waals surface area contributed by atoms with Crippen molar-refractivity contribution in [1.82, 2.24) is 0 Å². The molecule has 1 amide bonds. The lowest BCUT2D eigenvalue weighted by molar-refractivity contribution is 0.0693. The molecule has 0 saturated carbocycles. The standard InChI is InChI=1S/C12H8ClNO5/c13-9-5-4-8(19-9)11(16)14-7-3-1-2-6(10(7)15)12(17)18/h1-5,15H,(H,14,16)(H,17,18). The third-order valence-corrected chi connectivity index (χ3v) is 2.51. The summed E-state index contributed by atoms with van der Waals surface area (Å²) in [7, 11) is 0.